The van der Waals surface area contributed by atoms with Gasteiger partial charge in [0.2, 0.25) is 0 Å². The van der Waals surface area contributed by atoms with E-state index in [2.05, 4.69) is 27.8 Å². The van der Waals surface area contributed by atoms with Gasteiger partial charge in [-0.2, -0.15) is 0 Å². The maximum Gasteiger partial charge on any atom is 0.253 e. The van der Waals surface area contributed by atoms with Crippen molar-refractivity contribution in [3.63, 3.8) is 0 Å². The van der Waals surface area contributed by atoms with Gasteiger partial charge in [-0.15, -0.1) is 24.0 Å². The van der Waals surface area contributed by atoms with Crippen molar-refractivity contribution in [2.24, 2.45) is 4.99 Å². The lowest BCUT2D eigenvalue weighted by molar-refractivity contribution is 0.0827. The van der Waals surface area contributed by atoms with Crippen LogP contribution in [0.4, 0.5) is 0 Å². The van der Waals surface area contributed by atoms with Gasteiger partial charge in [0.05, 0.1) is 6.61 Å². The lowest BCUT2D eigenvalue weighted by Crippen LogP contribution is -2.38. The molecule has 2 N–H and O–H groups in total. The van der Waals surface area contributed by atoms with E-state index >= 15 is 0 Å². The van der Waals surface area contributed by atoms with Gasteiger partial charge in [-0.3, -0.25) is 9.79 Å². The van der Waals surface area contributed by atoms with Gasteiger partial charge < -0.3 is 20.3 Å². The Morgan fingerprint density at radius 1 is 1.07 bits per heavy atom. The maximum atomic E-state index is 12.1. The summed E-state index contributed by atoms with van der Waals surface area (Å²) in [5.41, 5.74) is 4.17. The van der Waals surface area contributed by atoms with Crippen LogP contribution in [0.1, 0.15) is 27.0 Å². The van der Waals surface area contributed by atoms with E-state index in [9.17, 15) is 4.79 Å². The molecule has 0 unspecified atom stereocenters. The van der Waals surface area contributed by atoms with Crippen LogP contribution in [-0.2, 0) is 24.3 Å². The lowest BCUT2D eigenvalue weighted by atomic mass is 10.1. The molecule has 0 atom stereocenters. The first-order valence-corrected chi connectivity index (χ1v) is 9.36. The summed E-state index contributed by atoms with van der Waals surface area (Å²) in [6.07, 6.45) is 0.801. The zero-order valence-electron chi connectivity index (χ0n) is 17.6. The predicted octanol–water partition coefficient (Wildman–Crippen LogP) is 3.06. The van der Waals surface area contributed by atoms with Gasteiger partial charge in [0.25, 0.3) is 5.91 Å². The molecule has 0 aliphatic rings. The summed E-state index contributed by atoms with van der Waals surface area (Å²) in [6, 6.07) is 15.9. The number of aliphatic imine (C=N–C) groups is 1. The van der Waals surface area contributed by atoms with Crippen LogP contribution in [0.25, 0.3) is 0 Å². The Morgan fingerprint density at radius 2 is 1.79 bits per heavy atom. The van der Waals surface area contributed by atoms with Crippen molar-refractivity contribution in [3.8, 4) is 0 Å². The van der Waals surface area contributed by atoms with E-state index in [1.54, 1.807) is 33.2 Å². The molecular weight excluding hydrogens is 479 g/mol. The molecular formula is C22H31IN4O2. The number of amides is 1. The minimum atomic E-state index is 0. The number of carbonyl (C=O) groups excluding carboxylic acids is 1. The summed E-state index contributed by atoms with van der Waals surface area (Å²) in [5, 5.41) is 6.66. The van der Waals surface area contributed by atoms with E-state index in [1.807, 2.05) is 36.4 Å². The highest BCUT2D eigenvalue weighted by Gasteiger charge is 2.08. The number of nitrogens with one attached hydrogen (secondary N) is 2. The van der Waals surface area contributed by atoms with Gasteiger partial charge in [-0.05, 0) is 35.2 Å². The Morgan fingerprint density at radius 3 is 2.45 bits per heavy atom. The molecule has 0 aliphatic heterocycles. The Bertz CT molecular complexity index is 809. The fraction of sp³-hybridized carbons (Fsp3) is 0.364. The van der Waals surface area contributed by atoms with Gasteiger partial charge in [-0.1, -0.05) is 36.4 Å². The number of guanidine groups is 1. The van der Waals surface area contributed by atoms with Crippen molar-refractivity contribution in [3.05, 3.63) is 70.8 Å². The minimum absolute atomic E-state index is 0. The molecule has 0 saturated carbocycles. The summed E-state index contributed by atoms with van der Waals surface area (Å²) >= 11 is 0. The topological polar surface area (TPSA) is 66.0 Å². The molecule has 0 radical (unpaired) electrons. The number of carbonyl (C=O) groups is 1. The molecule has 29 heavy (non-hydrogen) atoms. The third-order valence-electron chi connectivity index (χ3n) is 4.37. The van der Waals surface area contributed by atoms with Crippen LogP contribution in [0, 0.1) is 0 Å². The number of nitrogens with zero attached hydrogens (tertiary/aromatic N) is 2. The highest BCUT2D eigenvalue weighted by Crippen LogP contribution is 2.10. The lowest BCUT2D eigenvalue weighted by Gasteiger charge is -2.14. The Hall–Kier alpha value is -2.13. The Labute approximate surface area is 190 Å². The molecule has 2 aromatic carbocycles. The van der Waals surface area contributed by atoms with Crippen molar-refractivity contribution in [2.45, 2.75) is 19.6 Å². The van der Waals surface area contributed by atoms with E-state index in [0.29, 0.717) is 18.7 Å². The van der Waals surface area contributed by atoms with Crippen molar-refractivity contribution in [1.82, 2.24) is 15.5 Å². The Kier molecular flexibility index (Phi) is 11.3. The van der Waals surface area contributed by atoms with Gasteiger partial charge in [-0.25, -0.2) is 0 Å². The second-order valence-corrected chi connectivity index (χ2v) is 6.70. The molecule has 0 fully saturated rings. The van der Waals surface area contributed by atoms with E-state index < -0.39 is 0 Å². The molecule has 1 amide bonds. The summed E-state index contributed by atoms with van der Waals surface area (Å²) < 4.78 is 5.26. The minimum Gasteiger partial charge on any atom is -0.380 e. The van der Waals surface area contributed by atoms with Crippen LogP contribution in [0.3, 0.4) is 0 Å². The summed E-state index contributed by atoms with van der Waals surface area (Å²) in [6.45, 7) is 1.98. The summed E-state index contributed by atoms with van der Waals surface area (Å²) in [7, 11) is 6.98. The fourth-order valence-corrected chi connectivity index (χ4v) is 2.87. The smallest absolute Gasteiger partial charge is 0.253 e. The molecule has 6 nitrogen and oxygen atoms in total. The normalized spacial score (nSPS) is 10.8. The molecule has 0 aliphatic carbocycles. The average molecular weight is 510 g/mol. The van der Waals surface area contributed by atoms with Crippen molar-refractivity contribution in [1.29, 1.82) is 0 Å². The molecule has 0 aromatic heterocycles. The van der Waals surface area contributed by atoms with Gasteiger partial charge in [0, 0.05) is 46.9 Å². The molecule has 0 saturated heterocycles. The SMILES string of the molecule is CN=C(NCCc1cccc(C(=O)N(C)C)c1)NCc1ccccc1COC.I. The van der Waals surface area contributed by atoms with Crippen molar-refractivity contribution in [2.75, 3.05) is 34.8 Å². The molecule has 0 heterocycles. The fourth-order valence-electron chi connectivity index (χ4n) is 2.87. The maximum absolute atomic E-state index is 12.1. The highest BCUT2D eigenvalue weighted by atomic mass is 127. The van der Waals surface area contributed by atoms with Crippen molar-refractivity contribution < 1.29 is 9.53 Å². The molecule has 2 aromatic rings. The molecule has 0 spiro atoms. The number of methoxy groups -OCH3 is 1. The zero-order chi connectivity index (χ0) is 20.4. The Balaban J connectivity index is 0.00000420. The quantitative estimate of drug-likeness (QED) is 0.326. The van der Waals surface area contributed by atoms with E-state index in [1.165, 1.54) is 5.56 Å². The number of hydrogen-bond donors (Lipinski definition) is 2. The van der Waals surface area contributed by atoms with Crippen molar-refractivity contribution >= 4 is 35.8 Å². The van der Waals surface area contributed by atoms with E-state index in [0.717, 1.165) is 30.1 Å². The first-order chi connectivity index (χ1) is 13.5. The van der Waals surface area contributed by atoms with Crippen LogP contribution in [0.15, 0.2) is 53.5 Å². The number of benzene rings is 2. The summed E-state index contributed by atoms with van der Waals surface area (Å²) in [5.74, 6) is 0.759. The second kappa shape index (κ2) is 13.2. The molecule has 0 bridgehead atoms. The average Bonchev–Trinajstić information content (AvgIpc) is 2.71. The molecule has 2 rings (SSSR count). The molecule has 7 heteroatoms. The third kappa shape index (κ3) is 8.02. The first-order valence-electron chi connectivity index (χ1n) is 9.36. The van der Waals surface area contributed by atoms with Crippen LogP contribution < -0.4 is 10.6 Å². The van der Waals surface area contributed by atoms with Crippen LogP contribution in [0.5, 0.6) is 0 Å². The number of rotatable bonds is 8. The van der Waals surface area contributed by atoms with Gasteiger partial charge in [0.15, 0.2) is 5.96 Å². The van der Waals surface area contributed by atoms with E-state index in [-0.39, 0.29) is 29.9 Å². The first kappa shape index (κ1) is 24.9. The third-order valence-corrected chi connectivity index (χ3v) is 4.37. The highest BCUT2D eigenvalue weighted by molar-refractivity contribution is 14.0. The monoisotopic (exact) mass is 510 g/mol. The number of ether oxygens (including phenoxy) is 1. The van der Waals surface area contributed by atoms with Crippen LogP contribution in [-0.4, -0.2) is 51.6 Å². The molecule has 158 valence electrons. The van der Waals surface area contributed by atoms with Gasteiger partial charge >= 0.3 is 0 Å². The second-order valence-electron chi connectivity index (χ2n) is 6.70. The van der Waals surface area contributed by atoms with Crippen LogP contribution >= 0.6 is 24.0 Å². The number of hydrogen-bond acceptors (Lipinski definition) is 3. The predicted molar refractivity (Wildman–Crippen MR) is 129 cm³/mol. The number of halogens is 1. The standard InChI is InChI=1S/C22H30N4O2.HI/c1-23-22(25-15-19-9-5-6-10-20(19)16-28-4)24-13-12-17-8-7-11-18(14-17)21(27)26(2)3;/h5-11,14H,12-13,15-16H2,1-4H3,(H2,23,24,25);1H. The zero-order valence-corrected chi connectivity index (χ0v) is 19.9. The van der Waals surface area contributed by atoms with E-state index in [4.69, 9.17) is 4.74 Å². The van der Waals surface area contributed by atoms with Gasteiger partial charge in [0.1, 0.15) is 0 Å². The van der Waals surface area contributed by atoms with Crippen LogP contribution in [0.2, 0.25) is 0 Å². The summed E-state index contributed by atoms with van der Waals surface area (Å²) in [4.78, 5) is 18.0. The largest absolute Gasteiger partial charge is 0.380 e.